The maximum Gasteiger partial charge on any atom is 0.261 e. The van der Waals surface area contributed by atoms with E-state index in [1.807, 2.05) is 6.92 Å². The zero-order chi connectivity index (χ0) is 17.8. The Labute approximate surface area is 150 Å². The number of nitrogens with zero attached hydrogens (tertiary/aromatic N) is 1. The molecule has 0 radical (unpaired) electrons. The number of ether oxygens (including phenoxy) is 1. The maximum absolute atomic E-state index is 12.7. The largest absolute Gasteiger partial charge is 0.477 e. The summed E-state index contributed by atoms with van der Waals surface area (Å²) in [6, 6.07) is 3.33. The van der Waals surface area contributed by atoms with Gasteiger partial charge < -0.3 is 15.8 Å². The highest BCUT2D eigenvalue weighted by atomic mass is 32.1. The molecule has 6 nitrogen and oxygen atoms in total. The lowest BCUT2D eigenvalue weighted by Gasteiger charge is -2.09. The van der Waals surface area contributed by atoms with Crippen molar-refractivity contribution in [2.75, 3.05) is 11.9 Å². The average Bonchev–Trinajstić information content (AvgIpc) is 2.77. The minimum atomic E-state index is -0.495. The van der Waals surface area contributed by atoms with Crippen molar-refractivity contribution in [3.05, 3.63) is 39.9 Å². The number of rotatable bonds is 5. The fraction of sp³-hybridized carbons (Fsp3) is 0.389. The molecule has 132 valence electrons. The number of pyridine rings is 1. The van der Waals surface area contributed by atoms with Crippen molar-refractivity contribution in [1.82, 2.24) is 4.98 Å². The molecule has 0 spiro atoms. The molecule has 0 bridgehead atoms. The third-order valence-corrected chi connectivity index (χ3v) is 5.40. The van der Waals surface area contributed by atoms with Crippen LogP contribution < -0.4 is 15.8 Å². The molecule has 0 atom stereocenters. The van der Waals surface area contributed by atoms with Crippen LogP contribution in [0.3, 0.4) is 0 Å². The number of thiophene rings is 1. The Balaban J connectivity index is 1.93. The topological polar surface area (TPSA) is 94.3 Å². The molecule has 1 aliphatic rings. The number of carbonyl (C=O) groups excluding carboxylic acids is 2. The van der Waals surface area contributed by atoms with Crippen LogP contribution in [0.5, 0.6) is 5.88 Å². The van der Waals surface area contributed by atoms with Gasteiger partial charge in [0.15, 0.2) is 0 Å². The lowest BCUT2D eigenvalue weighted by molar-refractivity contribution is 0.100. The Morgan fingerprint density at radius 3 is 2.88 bits per heavy atom. The van der Waals surface area contributed by atoms with Crippen LogP contribution in [-0.2, 0) is 12.8 Å². The molecule has 0 aliphatic heterocycles. The molecule has 2 amide bonds. The molecule has 3 N–H and O–H groups in total. The molecule has 0 saturated heterocycles. The average molecular weight is 359 g/mol. The molecule has 0 saturated carbocycles. The lowest BCUT2D eigenvalue weighted by Crippen LogP contribution is -2.18. The number of nitrogens with one attached hydrogen (secondary N) is 1. The van der Waals surface area contributed by atoms with Crippen molar-refractivity contribution in [3.63, 3.8) is 0 Å². The van der Waals surface area contributed by atoms with E-state index in [0.717, 1.165) is 42.5 Å². The smallest absolute Gasteiger partial charge is 0.261 e. The zero-order valence-corrected chi connectivity index (χ0v) is 14.9. The number of anilines is 1. The van der Waals surface area contributed by atoms with Crippen molar-refractivity contribution in [1.29, 1.82) is 0 Å². The molecule has 2 aromatic heterocycles. The summed E-state index contributed by atoms with van der Waals surface area (Å²) in [5.41, 5.74) is 7.40. The van der Waals surface area contributed by atoms with Crippen LogP contribution >= 0.6 is 11.3 Å². The Kier molecular flexibility index (Phi) is 5.33. The SMILES string of the molecule is CCOc1ncccc1C(=O)Nc1sc2c(c1C(N)=O)CCCCC2. The summed E-state index contributed by atoms with van der Waals surface area (Å²) < 4.78 is 5.41. The van der Waals surface area contributed by atoms with E-state index in [1.54, 1.807) is 18.3 Å². The molecule has 2 heterocycles. The van der Waals surface area contributed by atoms with Crippen molar-refractivity contribution >= 4 is 28.2 Å². The van der Waals surface area contributed by atoms with Gasteiger partial charge in [0.1, 0.15) is 10.6 Å². The molecule has 7 heteroatoms. The van der Waals surface area contributed by atoms with Crippen LogP contribution in [0.2, 0.25) is 0 Å². The Morgan fingerprint density at radius 1 is 1.32 bits per heavy atom. The second-order valence-electron chi connectivity index (χ2n) is 5.88. The number of amides is 2. The summed E-state index contributed by atoms with van der Waals surface area (Å²) >= 11 is 1.45. The molecular formula is C18H21N3O3S. The molecule has 0 aromatic carbocycles. The highest BCUT2D eigenvalue weighted by Gasteiger charge is 2.25. The van der Waals surface area contributed by atoms with Crippen molar-refractivity contribution in [2.45, 2.75) is 39.0 Å². The summed E-state index contributed by atoms with van der Waals surface area (Å²) in [4.78, 5) is 29.9. The predicted molar refractivity (Wildman–Crippen MR) is 97.5 cm³/mol. The van der Waals surface area contributed by atoms with Crippen molar-refractivity contribution in [3.8, 4) is 5.88 Å². The number of aryl methyl sites for hydroxylation is 1. The molecule has 0 unspecified atom stereocenters. The highest BCUT2D eigenvalue weighted by Crippen LogP contribution is 2.37. The van der Waals surface area contributed by atoms with E-state index in [2.05, 4.69) is 10.3 Å². The minimum Gasteiger partial charge on any atom is -0.477 e. The molecule has 1 aliphatic carbocycles. The van der Waals surface area contributed by atoms with Crippen LogP contribution in [-0.4, -0.2) is 23.4 Å². The van der Waals surface area contributed by atoms with E-state index in [9.17, 15) is 9.59 Å². The van der Waals surface area contributed by atoms with Gasteiger partial charge in [0.05, 0.1) is 12.2 Å². The lowest BCUT2D eigenvalue weighted by atomic mass is 10.1. The second-order valence-corrected chi connectivity index (χ2v) is 6.98. The van der Waals surface area contributed by atoms with E-state index in [1.165, 1.54) is 11.3 Å². The standard InChI is InChI=1S/C18H21N3O3S/c1-2-24-17-12(8-6-10-20-17)16(23)21-18-14(15(19)22)11-7-4-3-5-9-13(11)25-18/h6,8,10H,2-5,7,9H2,1H3,(H2,19,22)(H,21,23). The molecule has 3 rings (SSSR count). The molecular weight excluding hydrogens is 338 g/mol. The van der Waals surface area contributed by atoms with Gasteiger partial charge >= 0.3 is 0 Å². The van der Waals surface area contributed by atoms with Gasteiger partial charge in [-0.3, -0.25) is 9.59 Å². The summed E-state index contributed by atoms with van der Waals surface area (Å²) in [5.74, 6) is -0.567. The first-order valence-electron chi connectivity index (χ1n) is 8.45. The number of primary amides is 1. The van der Waals surface area contributed by atoms with Crippen LogP contribution in [0.25, 0.3) is 0 Å². The van der Waals surface area contributed by atoms with Gasteiger partial charge in [0, 0.05) is 11.1 Å². The quantitative estimate of drug-likeness (QED) is 0.802. The summed E-state index contributed by atoms with van der Waals surface area (Å²) in [6.07, 6.45) is 6.60. The summed E-state index contributed by atoms with van der Waals surface area (Å²) in [5, 5.41) is 3.37. The first kappa shape index (κ1) is 17.4. The second kappa shape index (κ2) is 7.65. The van der Waals surface area contributed by atoms with Crippen molar-refractivity contribution in [2.24, 2.45) is 5.73 Å². The van der Waals surface area contributed by atoms with Gasteiger partial charge in [0.25, 0.3) is 11.8 Å². The van der Waals surface area contributed by atoms with Gasteiger partial charge in [-0.05, 0) is 50.3 Å². The number of fused-ring (bicyclic) bond motifs is 1. The maximum atomic E-state index is 12.7. The molecule has 25 heavy (non-hydrogen) atoms. The van der Waals surface area contributed by atoms with Gasteiger partial charge in [-0.25, -0.2) is 4.98 Å². The van der Waals surface area contributed by atoms with Crippen LogP contribution in [0.1, 0.15) is 57.3 Å². The minimum absolute atomic E-state index is 0.279. The monoisotopic (exact) mass is 359 g/mol. The van der Waals surface area contributed by atoms with Crippen LogP contribution in [0.15, 0.2) is 18.3 Å². The van der Waals surface area contributed by atoms with E-state index >= 15 is 0 Å². The van der Waals surface area contributed by atoms with E-state index < -0.39 is 5.91 Å². The Bertz CT molecular complexity index is 801. The van der Waals surface area contributed by atoms with Gasteiger partial charge in [-0.2, -0.15) is 0 Å². The summed E-state index contributed by atoms with van der Waals surface area (Å²) in [6.45, 7) is 2.25. The first-order chi connectivity index (χ1) is 12.1. The third kappa shape index (κ3) is 3.66. The van der Waals surface area contributed by atoms with Gasteiger partial charge in [0.2, 0.25) is 5.88 Å². The number of hydrogen-bond donors (Lipinski definition) is 2. The van der Waals surface area contributed by atoms with Gasteiger partial charge in [-0.1, -0.05) is 6.42 Å². The highest BCUT2D eigenvalue weighted by molar-refractivity contribution is 7.17. The number of aromatic nitrogens is 1. The van der Waals surface area contributed by atoms with E-state index in [4.69, 9.17) is 10.5 Å². The van der Waals surface area contributed by atoms with E-state index in [-0.39, 0.29) is 11.8 Å². The molecule has 0 fully saturated rings. The Morgan fingerprint density at radius 2 is 2.12 bits per heavy atom. The fourth-order valence-electron chi connectivity index (χ4n) is 3.08. The summed E-state index contributed by atoms with van der Waals surface area (Å²) in [7, 11) is 0. The van der Waals surface area contributed by atoms with Crippen molar-refractivity contribution < 1.29 is 14.3 Å². The molecule has 2 aromatic rings. The predicted octanol–water partition coefficient (Wildman–Crippen LogP) is 3.16. The first-order valence-corrected chi connectivity index (χ1v) is 9.27. The van der Waals surface area contributed by atoms with Gasteiger partial charge in [-0.15, -0.1) is 11.3 Å². The zero-order valence-electron chi connectivity index (χ0n) is 14.1. The number of carbonyl (C=O) groups is 2. The number of hydrogen-bond acceptors (Lipinski definition) is 5. The Hall–Kier alpha value is -2.41. The van der Waals surface area contributed by atoms with E-state index in [0.29, 0.717) is 22.7 Å². The van der Waals surface area contributed by atoms with Crippen LogP contribution in [0.4, 0.5) is 5.00 Å². The van der Waals surface area contributed by atoms with Crippen LogP contribution in [0, 0.1) is 0 Å². The normalized spacial score (nSPS) is 13.6. The third-order valence-electron chi connectivity index (χ3n) is 4.19. The fourth-order valence-corrected chi connectivity index (χ4v) is 4.37. The number of nitrogens with two attached hydrogens (primary N) is 1.